The summed E-state index contributed by atoms with van der Waals surface area (Å²) in [6, 6.07) is 0. The van der Waals surface area contributed by atoms with E-state index in [0.29, 0.717) is 6.32 Å². The monoisotopic (exact) mass is 228 g/mol. The Bertz CT molecular complexity index is 239. The maximum atomic E-state index is 10.0. The van der Waals surface area contributed by atoms with Crippen molar-refractivity contribution in [1.82, 2.24) is 0 Å². The van der Waals surface area contributed by atoms with E-state index in [-0.39, 0.29) is 23.7 Å². The number of rotatable bonds is 2. The summed E-state index contributed by atoms with van der Waals surface area (Å²) < 4.78 is 11.7. The van der Waals surface area contributed by atoms with Crippen molar-refractivity contribution in [2.75, 3.05) is 0 Å². The molecule has 1 unspecified atom stereocenters. The number of aliphatic hydroxyl groups is 1. The fraction of sp³-hybridized carbons (Fsp3) is 1.00. The van der Waals surface area contributed by atoms with Crippen molar-refractivity contribution in [3.63, 3.8) is 0 Å². The first kappa shape index (κ1) is 14.0. The molecule has 0 spiro atoms. The third-order valence-electron chi connectivity index (χ3n) is 3.72. The van der Waals surface area contributed by atoms with Crippen molar-refractivity contribution < 1.29 is 14.4 Å². The molecule has 0 aromatic rings. The Morgan fingerprint density at radius 3 is 1.75 bits per heavy atom. The molecule has 94 valence electrons. The van der Waals surface area contributed by atoms with Crippen LogP contribution in [0.25, 0.3) is 0 Å². The first-order valence-electron chi connectivity index (χ1n) is 5.99. The average molecular weight is 228 g/mol. The molecule has 0 amide bonds. The van der Waals surface area contributed by atoms with Crippen LogP contribution in [0.2, 0.25) is 6.32 Å². The lowest BCUT2D eigenvalue weighted by molar-refractivity contribution is 0.00578. The molecular weight excluding hydrogens is 203 g/mol. The molecule has 1 rings (SSSR count). The van der Waals surface area contributed by atoms with Gasteiger partial charge in [-0.3, -0.25) is 0 Å². The van der Waals surface area contributed by atoms with Gasteiger partial charge in [-0.2, -0.15) is 0 Å². The normalized spacial score (nSPS) is 25.9. The van der Waals surface area contributed by atoms with Gasteiger partial charge in [0.1, 0.15) is 0 Å². The number of aliphatic hydroxyl groups excluding tert-OH is 1. The summed E-state index contributed by atoms with van der Waals surface area (Å²) in [5.41, 5.74) is -0.756. The van der Waals surface area contributed by atoms with Crippen molar-refractivity contribution in [2.24, 2.45) is 5.41 Å². The summed E-state index contributed by atoms with van der Waals surface area (Å²) in [6.45, 7) is 14.1. The predicted octanol–water partition coefficient (Wildman–Crippen LogP) is 2.49. The van der Waals surface area contributed by atoms with Crippen LogP contribution in [0.1, 0.15) is 48.5 Å². The quantitative estimate of drug-likeness (QED) is 0.738. The predicted molar refractivity (Wildman–Crippen MR) is 66.4 cm³/mol. The third-order valence-corrected chi connectivity index (χ3v) is 3.72. The molecule has 1 N–H and O–H groups in total. The Hall–Kier alpha value is -0.0551. The van der Waals surface area contributed by atoms with Gasteiger partial charge in [0, 0.05) is 6.32 Å². The lowest BCUT2D eigenvalue weighted by Gasteiger charge is -2.32. The highest BCUT2D eigenvalue weighted by atomic mass is 16.7. The van der Waals surface area contributed by atoms with Gasteiger partial charge in [0.15, 0.2) is 0 Å². The largest absolute Gasteiger partial charge is 0.460 e. The Morgan fingerprint density at radius 1 is 1.06 bits per heavy atom. The molecule has 1 aliphatic heterocycles. The molecule has 0 aromatic heterocycles. The van der Waals surface area contributed by atoms with E-state index in [9.17, 15) is 5.11 Å². The molecule has 0 radical (unpaired) electrons. The van der Waals surface area contributed by atoms with Crippen molar-refractivity contribution >= 4 is 7.12 Å². The van der Waals surface area contributed by atoms with Crippen molar-refractivity contribution in [3.8, 4) is 0 Å². The van der Waals surface area contributed by atoms with Gasteiger partial charge in [0.25, 0.3) is 0 Å². The summed E-state index contributed by atoms with van der Waals surface area (Å²) >= 11 is 0. The summed E-state index contributed by atoms with van der Waals surface area (Å²) in [7, 11) is -0.306. The van der Waals surface area contributed by atoms with E-state index < -0.39 is 6.10 Å². The molecule has 1 heterocycles. The van der Waals surface area contributed by atoms with E-state index >= 15 is 0 Å². The minimum Gasteiger partial charge on any atom is -0.403 e. The second-order valence-electron chi connectivity index (χ2n) is 6.80. The maximum Gasteiger partial charge on any atom is 0.460 e. The van der Waals surface area contributed by atoms with E-state index in [2.05, 4.69) is 0 Å². The van der Waals surface area contributed by atoms with Crippen LogP contribution in [0.5, 0.6) is 0 Å². The standard InChI is InChI=1S/C12H25BO3/c1-10(2,3)9(14)8-13-15-11(4,5)12(6,7)16-13/h9,14H,8H2,1-7H3. The zero-order valence-corrected chi connectivity index (χ0v) is 11.6. The van der Waals surface area contributed by atoms with Crippen molar-refractivity contribution in [3.05, 3.63) is 0 Å². The molecule has 16 heavy (non-hydrogen) atoms. The van der Waals surface area contributed by atoms with Crippen LogP contribution in [0, 0.1) is 5.41 Å². The fourth-order valence-corrected chi connectivity index (χ4v) is 1.60. The number of hydrogen-bond acceptors (Lipinski definition) is 3. The summed E-state index contributed by atoms with van der Waals surface area (Å²) in [5, 5.41) is 10.0. The van der Waals surface area contributed by atoms with Gasteiger partial charge in [0.2, 0.25) is 0 Å². The van der Waals surface area contributed by atoms with Gasteiger partial charge in [-0.1, -0.05) is 20.8 Å². The minimum atomic E-state index is -0.415. The van der Waals surface area contributed by atoms with Gasteiger partial charge < -0.3 is 14.4 Å². The fourth-order valence-electron chi connectivity index (χ4n) is 1.60. The first-order chi connectivity index (χ1) is 6.96. The second kappa shape index (κ2) is 4.00. The van der Waals surface area contributed by atoms with Crippen LogP contribution in [-0.4, -0.2) is 29.5 Å². The zero-order valence-electron chi connectivity index (χ0n) is 11.6. The van der Waals surface area contributed by atoms with Crippen LogP contribution >= 0.6 is 0 Å². The van der Waals surface area contributed by atoms with Crippen LogP contribution in [0.4, 0.5) is 0 Å². The topological polar surface area (TPSA) is 38.7 Å². The molecule has 3 nitrogen and oxygen atoms in total. The van der Waals surface area contributed by atoms with Gasteiger partial charge in [-0.15, -0.1) is 0 Å². The molecule has 1 aliphatic rings. The lowest BCUT2D eigenvalue weighted by atomic mass is 9.73. The lowest BCUT2D eigenvalue weighted by Crippen LogP contribution is -2.41. The second-order valence-corrected chi connectivity index (χ2v) is 6.80. The van der Waals surface area contributed by atoms with Crippen molar-refractivity contribution in [1.29, 1.82) is 0 Å². The molecule has 0 aliphatic carbocycles. The SMILES string of the molecule is CC(C)(C)C(O)CB1OC(C)(C)C(C)(C)O1. The molecular formula is C12H25BO3. The smallest absolute Gasteiger partial charge is 0.403 e. The third kappa shape index (κ3) is 2.79. The van der Waals surface area contributed by atoms with E-state index in [1.54, 1.807) is 0 Å². The maximum absolute atomic E-state index is 10.0. The molecule has 0 bridgehead atoms. The average Bonchev–Trinajstić information content (AvgIpc) is 2.17. The highest BCUT2D eigenvalue weighted by Gasteiger charge is 2.51. The Kier molecular flexibility index (Phi) is 3.50. The number of hydrogen-bond donors (Lipinski definition) is 1. The Morgan fingerprint density at radius 2 is 1.44 bits per heavy atom. The highest BCUT2D eigenvalue weighted by Crippen LogP contribution is 2.39. The molecule has 1 fully saturated rings. The van der Waals surface area contributed by atoms with Gasteiger partial charge in [-0.05, 0) is 33.1 Å². The van der Waals surface area contributed by atoms with Crippen LogP contribution < -0.4 is 0 Å². The van der Waals surface area contributed by atoms with Gasteiger partial charge in [-0.25, -0.2) is 0 Å². The summed E-state index contributed by atoms with van der Waals surface area (Å²) in [4.78, 5) is 0. The summed E-state index contributed by atoms with van der Waals surface area (Å²) in [5.74, 6) is 0. The van der Waals surface area contributed by atoms with E-state index in [1.807, 2.05) is 48.5 Å². The van der Waals surface area contributed by atoms with E-state index in [4.69, 9.17) is 9.31 Å². The molecule has 4 heteroatoms. The van der Waals surface area contributed by atoms with E-state index in [1.165, 1.54) is 0 Å². The minimum absolute atomic E-state index is 0.135. The molecule has 0 aromatic carbocycles. The van der Waals surface area contributed by atoms with Crippen LogP contribution in [0.3, 0.4) is 0 Å². The van der Waals surface area contributed by atoms with Gasteiger partial charge in [0.05, 0.1) is 17.3 Å². The molecule has 1 atom stereocenters. The van der Waals surface area contributed by atoms with E-state index in [0.717, 1.165) is 0 Å². The Labute approximate surface area is 99.7 Å². The molecule has 1 saturated heterocycles. The summed E-state index contributed by atoms with van der Waals surface area (Å²) in [6.07, 6.45) is 0.110. The van der Waals surface area contributed by atoms with Crippen molar-refractivity contribution in [2.45, 2.75) is 72.1 Å². The first-order valence-corrected chi connectivity index (χ1v) is 5.99. The highest BCUT2D eigenvalue weighted by molar-refractivity contribution is 6.45. The Balaban J connectivity index is 2.61. The van der Waals surface area contributed by atoms with Crippen LogP contribution in [-0.2, 0) is 9.31 Å². The van der Waals surface area contributed by atoms with Gasteiger partial charge >= 0.3 is 7.12 Å². The molecule has 0 saturated carbocycles. The zero-order chi connectivity index (χ0) is 12.8. The van der Waals surface area contributed by atoms with Crippen LogP contribution in [0.15, 0.2) is 0 Å².